The molecule has 0 aromatic heterocycles. The second kappa shape index (κ2) is 4.69. The minimum absolute atomic E-state index is 0.234. The van der Waals surface area contributed by atoms with E-state index in [1.807, 2.05) is 0 Å². The zero-order valence-corrected chi connectivity index (χ0v) is 9.28. The molecule has 2 unspecified atom stereocenters. The van der Waals surface area contributed by atoms with Crippen molar-refractivity contribution >= 4 is 23.2 Å². The zero-order chi connectivity index (χ0) is 9.14. The van der Waals surface area contributed by atoms with Gasteiger partial charge in [0, 0.05) is 19.6 Å². The lowest BCUT2D eigenvalue weighted by molar-refractivity contribution is 0.146. The van der Waals surface area contributed by atoms with Crippen molar-refractivity contribution in [2.75, 3.05) is 19.6 Å². The van der Waals surface area contributed by atoms with Crippen LogP contribution in [0.4, 0.5) is 0 Å². The first-order valence-corrected chi connectivity index (χ1v) is 5.45. The van der Waals surface area contributed by atoms with Gasteiger partial charge in [0.1, 0.15) is 4.84 Å². The molecule has 0 amide bonds. The first-order chi connectivity index (χ1) is 5.58. The predicted molar refractivity (Wildman–Crippen MR) is 54.9 cm³/mol. The largest absolute Gasteiger partial charge is 0.300 e. The second-order valence-electron chi connectivity index (χ2n) is 4.06. The number of halogens is 2. The van der Waals surface area contributed by atoms with Gasteiger partial charge < -0.3 is 4.90 Å². The Bertz CT molecular complexity index is 126. The molecule has 1 saturated heterocycles. The first-order valence-electron chi connectivity index (χ1n) is 4.58. The van der Waals surface area contributed by atoms with Gasteiger partial charge >= 0.3 is 0 Å². The summed E-state index contributed by atoms with van der Waals surface area (Å²) >= 11 is 11.5. The molecule has 0 radical (unpaired) electrons. The summed E-state index contributed by atoms with van der Waals surface area (Å²) in [6, 6.07) is 0. The fraction of sp³-hybridized carbons (Fsp3) is 1.00. The Kier molecular flexibility index (Phi) is 4.15. The van der Waals surface area contributed by atoms with Crippen LogP contribution < -0.4 is 0 Å². The molecule has 0 aliphatic carbocycles. The third-order valence-corrected chi connectivity index (χ3v) is 2.62. The summed E-state index contributed by atoms with van der Waals surface area (Å²) in [7, 11) is 0. The van der Waals surface area contributed by atoms with Crippen LogP contribution >= 0.6 is 23.2 Å². The monoisotopic (exact) mass is 209 g/mol. The molecule has 0 aromatic carbocycles. The quantitative estimate of drug-likeness (QED) is 0.633. The fourth-order valence-corrected chi connectivity index (χ4v) is 2.53. The van der Waals surface area contributed by atoms with Gasteiger partial charge in [-0.05, 0) is 18.3 Å². The Morgan fingerprint density at radius 1 is 1.25 bits per heavy atom. The van der Waals surface area contributed by atoms with Crippen molar-refractivity contribution in [2.45, 2.75) is 25.1 Å². The van der Waals surface area contributed by atoms with Crippen LogP contribution in [0.5, 0.6) is 0 Å². The zero-order valence-electron chi connectivity index (χ0n) is 7.76. The van der Waals surface area contributed by atoms with E-state index in [-0.39, 0.29) is 4.84 Å². The van der Waals surface area contributed by atoms with E-state index in [0.29, 0.717) is 0 Å². The lowest BCUT2D eigenvalue weighted by Crippen LogP contribution is -2.40. The van der Waals surface area contributed by atoms with Crippen LogP contribution in [0.3, 0.4) is 0 Å². The molecule has 0 bridgehead atoms. The van der Waals surface area contributed by atoms with Crippen LogP contribution in [0.25, 0.3) is 0 Å². The predicted octanol–water partition coefficient (Wildman–Crippen LogP) is 2.77. The number of nitrogens with zero attached hydrogens (tertiary/aromatic N) is 1. The molecule has 0 spiro atoms. The summed E-state index contributed by atoms with van der Waals surface area (Å²) in [6.45, 7) is 7.71. The fourth-order valence-electron chi connectivity index (χ4n) is 2.14. The SMILES string of the molecule is CC1CC(C)CN(CC(Cl)Cl)C1. The molecule has 0 N–H and O–H groups in total. The molecule has 12 heavy (non-hydrogen) atoms. The molecule has 3 heteroatoms. The van der Waals surface area contributed by atoms with Gasteiger partial charge in [-0.3, -0.25) is 0 Å². The van der Waals surface area contributed by atoms with Crippen molar-refractivity contribution in [3.8, 4) is 0 Å². The van der Waals surface area contributed by atoms with Crippen molar-refractivity contribution in [3.63, 3.8) is 0 Å². The molecule has 1 rings (SSSR count). The Hall–Kier alpha value is 0.540. The van der Waals surface area contributed by atoms with E-state index >= 15 is 0 Å². The van der Waals surface area contributed by atoms with E-state index in [2.05, 4.69) is 18.7 Å². The molecular formula is C9H17Cl2N. The van der Waals surface area contributed by atoms with Crippen LogP contribution in [-0.2, 0) is 0 Å². The van der Waals surface area contributed by atoms with Gasteiger partial charge in [0.25, 0.3) is 0 Å². The number of likely N-dealkylation sites (tertiary alicyclic amines) is 1. The molecule has 0 saturated carbocycles. The van der Waals surface area contributed by atoms with Crippen LogP contribution in [0.1, 0.15) is 20.3 Å². The van der Waals surface area contributed by atoms with Crippen LogP contribution in [0.15, 0.2) is 0 Å². The van der Waals surface area contributed by atoms with Gasteiger partial charge in [-0.15, -0.1) is 23.2 Å². The van der Waals surface area contributed by atoms with Crippen LogP contribution in [0, 0.1) is 11.8 Å². The Morgan fingerprint density at radius 2 is 1.75 bits per heavy atom. The average Bonchev–Trinajstić information content (AvgIpc) is 1.81. The normalized spacial score (nSPS) is 32.8. The van der Waals surface area contributed by atoms with Gasteiger partial charge in [0.15, 0.2) is 0 Å². The molecular weight excluding hydrogens is 193 g/mol. The second-order valence-corrected chi connectivity index (χ2v) is 5.33. The van der Waals surface area contributed by atoms with Crippen molar-refractivity contribution in [3.05, 3.63) is 0 Å². The number of hydrogen-bond acceptors (Lipinski definition) is 1. The summed E-state index contributed by atoms with van der Waals surface area (Å²) in [4.78, 5) is 2.13. The maximum atomic E-state index is 5.73. The van der Waals surface area contributed by atoms with E-state index in [4.69, 9.17) is 23.2 Å². The maximum Gasteiger partial charge on any atom is 0.120 e. The summed E-state index contributed by atoms with van der Waals surface area (Å²) in [6.07, 6.45) is 1.34. The van der Waals surface area contributed by atoms with Crippen molar-refractivity contribution in [2.24, 2.45) is 11.8 Å². The maximum absolute atomic E-state index is 5.73. The van der Waals surface area contributed by atoms with E-state index < -0.39 is 0 Å². The minimum Gasteiger partial charge on any atom is -0.300 e. The standard InChI is InChI=1S/C9H17Cl2N/c1-7-3-8(2)5-12(4-7)6-9(10)11/h7-9H,3-6H2,1-2H3. The number of hydrogen-bond donors (Lipinski definition) is 0. The molecule has 1 heterocycles. The molecule has 1 aliphatic heterocycles. The highest BCUT2D eigenvalue weighted by atomic mass is 35.5. The van der Waals surface area contributed by atoms with Crippen LogP contribution in [0.2, 0.25) is 0 Å². The minimum atomic E-state index is -0.234. The summed E-state index contributed by atoms with van der Waals surface area (Å²) in [5, 5.41) is 0. The van der Waals surface area contributed by atoms with Gasteiger partial charge in [-0.1, -0.05) is 13.8 Å². The summed E-state index contributed by atoms with van der Waals surface area (Å²) < 4.78 is 0. The molecule has 0 aromatic rings. The average molecular weight is 210 g/mol. The van der Waals surface area contributed by atoms with Crippen molar-refractivity contribution < 1.29 is 0 Å². The number of alkyl halides is 2. The van der Waals surface area contributed by atoms with Gasteiger partial charge in [-0.2, -0.15) is 0 Å². The Balaban J connectivity index is 2.34. The molecule has 1 aliphatic rings. The van der Waals surface area contributed by atoms with Crippen molar-refractivity contribution in [1.82, 2.24) is 4.90 Å². The molecule has 72 valence electrons. The third-order valence-electron chi connectivity index (χ3n) is 2.34. The highest BCUT2D eigenvalue weighted by molar-refractivity contribution is 6.44. The van der Waals surface area contributed by atoms with Gasteiger partial charge in [0.2, 0.25) is 0 Å². The van der Waals surface area contributed by atoms with E-state index in [1.54, 1.807) is 0 Å². The summed E-state index contributed by atoms with van der Waals surface area (Å²) in [5.74, 6) is 1.58. The van der Waals surface area contributed by atoms with Gasteiger partial charge in [0.05, 0.1) is 0 Å². The Morgan fingerprint density at radius 3 is 2.17 bits per heavy atom. The topological polar surface area (TPSA) is 3.24 Å². The summed E-state index contributed by atoms with van der Waals surface area (Å²) in [5.41, 5.74) is 0. The van der Waals surface area contributed by atoms with Crippen LogP contribution in [-0.4, -0.2) is 29.4 Å². The lowest BCUT2D eigenvalue weighted by Gasteiger charge is -2.35. The lowest BCUT2D eigenvalue weighted by atomic mass is 9.92. The number of rotatable bonds is 2. The van der Waals surface area contributed by atoms with E-state index in [9.17, 15) is 0 Å². The van der Waals surface area contributed by atoms with Crippen molar-refractivity contribution in [1.29, 1.82) is 0 Å². The highest BCUT2D eigenvalue weighted by Crippen LogP contribution is 2.21. The van der Waals surface area contributed by atoms with Gasteiger partial charge in [-0.25, -0.2) is 0 Å². The van der Waals surface area contributed by atoms with E-state index in [1.165, 1.54) is 6.42 Å². The Labute approximate surface area is 85.0 Å². The first kappa shape index (κ1) is 10.6. The molecule has 1 nitrogen and oxygen atoms in total. The smallest absolute Gasteiger partial charge is 0.120 e. The number of piperidine rings is 1. The molecule has 1 fully saturated rings. The highest BCUT2D eigenvalue weighted by Gasteiger charge is 2.22. The van der Waals surface area contributed by atoms with E-state index in [0.717, 1.165) is 31.5 Å². The third kappa shape index (κ3) is 3.51. The molecule has 2 atom stereocenters.